The molecule has 0 heterocycles. The van der Waals surface area contributed by atoms with Crippen LogP contribution in [0.5, 0.6) is 0 Å². The molecule has 0 aromatic heterocycles. The average Bonchev–Trinajstić information content (AvgIpc) is 2.47. The molecule has 2 rings (SSSR count). The Morgan fingerprint density at radius 2 is 1.71 bits per heavy atom. The Bertz CT molecular complexity index is 661. The molecule has 0 aliphatic carbocycles. The van der Waals surface area contributed by atoms with Gasteiger partial charge in [0.25, 0.3) is 5.91 Å². The fraction of sp³-hybridized carbons (Fsp3) is 0.133. The lowest BCUT2D eigenvalue weighted by Gasteiger charge is -2.13. The number of amides is 1. The topological polar surface area (TPSA) is 49.3 Å². The summed E-state index contributed by atoms with van der Waals surface area (Å²) in [5.74, 6) is -3.91. The molecule has 0 fully saturated rings. The molecular formula is C15H12F3NO2. The standard InChI is InChI=1S/C15H12F3NO2/c16-11-6-2-1-4-9(11)13(20)8-19-15(21)10-5-3-7-12(17)14(10)18/h1-7,13,20H,8H2,(H,19,21). The Morgan fingerprint density at radius 1 is 1.05 bits per heavy atom. The first kappa shape index (κ1) is 15.1. The summed E-state index contributed by atoms with van der Waals surface area (Å²) in [4.78, 5) is 11.7. The quantitative estimate of drug-likeness (QED) is 0.911. The summed E-state index contributed by atoms with van der Waals surface area (Å²) < 4.78 is 39.8. The SMILES string of the molecule is O=C(NCC(O)c1ccccc1F)c1cccc(F)c1F. The largest absolute Gasteiger partial charge is 0.386 e. The second-order valence-electron chi connectivity index (χ2n) is 4.35. The van der Waals surface area contributed by atoms with E-state index in [0.717, 1.165) is 12.1 Å². The summed E-state index contributed by atoms with van der Waals surface area (Å²) in [6.07, 6.45) is -1.29. The third kappa shape index (κ3) is 3.41. The van der Waals surface area contributed by atoms with Crippen LogP contribution in [0.2, 0.25) is 0 Å². The van der Waals surface area contributed by atoms with E-state index >= 15 is 0 Å². The number of aliphatic hydroxyl groups is 1. The van der Waals surface area contributed by atoms with Crippen molar-refractivity contribution >= 4 is 5.91 Å². The highest BCUT2D eigenvalue weighted by molar-refractivity contribution is 5.94. The molecule has 1 unspecified atom stereocenters. The molecule has 0 spiro atoms. The van der Waals surface area contributed by atoms with Gasteiger partial charge >= 0.3 is 0 Å². The van der Waals surface area contributed by atoms with Gasteiger partial charge in [0.2, 0.25) is 0 Å². The zero-order chi connectivity index (χ0) is 15.4. The lowest BCUT2D eigenvalue weighted by atomic mass is 10.1. The maximum Gasteiger partial charge on any atom is 0.254 e. The van der Waals surface area contributed by atoms with E-state index in [1.165, 1.54) is 30.3 Å². The maximum atomic E-state index is 13.4. The van der Waals surface area contributed by atoms with Crippen LogP contribution in [0.25, 0.3) is 0 Å². The molecule has 2 aromatic carbocycles. The number of benzene rings is 2. The van der Waals surface area contributed by atoms with E-state index in [4.69, 9.17) is 0 Å². The Balaban J connectivity index is 2.04. The van der Waals surface area contributed by atoms with Crippen LogP contribution in [0.15, 0.2) is 42.5 Å². The van der Waals surface area contributed by atoms with Crippen molar-refractivity contribution in [1.82, 2.24) is 5.32 Å². The summed E-state index contributed by atoms with van der Waals surface area (Å²) in [6, 6.07) is 8.74. The summed E-state index contributed by atoms with van der Waals surface area (Å²) in [5.41, 5.74) is -0.465. The van der Waals surface area contributed by atoms with E-state index < -0.39 is 35.0 Å². The van der Waals surface area contributed by atoms with E-state index in [-0.39, 0.29) is 12.1 Å². The van der Waals surface area contributed by atoms with E-state index in [9.17, 15) is 23.1 Å². The Hall–Kier alpha value is -2.34. The van der Waals surface area contributed by atoms with Gasteiger partial charge in [-0.25, -0.2) is 13.2 Å². The zero-order valence-electron chi connectivity index (χ0n) is 10.8. The van der Waals surface area contributed by atoms with Crippen molar-refractivity contribution in [2.75, 3.05) is 6.54 Å². The van der Waals surface area contributed by atoms with Gasteiger partial charge in [0.15, 0.2) is 11.6 Å². The van der Waals surface area contributed by atoms with Gasteiger partial charge in [-0.3, -0.25) is 4.79 Å². The highest BCUT2D eigenvalue weighted by atomic mass is 19.2. The maximum absolute atomic E-state index is 13.4. The molecule has 0 saturated carbocycles. The highest BCUT2D eigenvalue weighted by Crippen LogP contribution is 2.16. The number of hydrogen-bond donors (Lipinski definition) is 2. The summed E-state index contributed by atoms with van der Waals surface area (Å²) in [6.45, 7) is -0.324. The predicted octanol–water partition coefficient (Wildman–Crippen LogP) is 2.57. The third-order valence-electron chi connectivity index (χ3n) is 2.92. The lowest BCUT2D eigenvalue weighted by Crippen LogP contribution is -2.29. The molecule has 0 aliphatic rings. The minimum Gasteiger partial charge on any atom is -0.386 e. The Labute approximate surface area is 119 Å². The van der Waals surface area contributed by atoms with Gasteiger partial charge in [0, 0.05) is 12.1 Å². The first-order chi connectivity index (χ1) is 10.0. The number of nitrogens with one attached hydrogen (secondary N) is 1. The van der Waals surface area contributed by atoms with Crippen molar-refractivity contribution < 1.29 is 23.1 Å². The number of aliphatic hydroxyl groups excluding tert-OH is 1. The third-order valence-corrected chi connectivity index (χ3v) is 2.92. The molecule has 110 valence electrons. The van der Waals surface area contributed by atoms with Crippen LogP contribution in [-0.2, 0) is 0 Å². The number of carbonyl (C=O) groups is 1. The molecule has 0 bridgehead atoms. The normalized spacial score (nSPS) is 12.0. The minimum absolute atomic E-state index is 0.0116. The van der Waals surface area contributed by atoms with Crippen molar-refractivity contribution in [3.05, 3.63) is 71.0 Å². The fourth-order valence-electron chi connectivity index (χ4n) is 1.82. The van der Waals surface area contributed by atoms with Crippen molar-refractivity contribution in [3.8, 4) is 0 Å². The first-order valence-corrected chi connectivity index (χ1v) is 6.15. The van der Waals surface area contributed by atoms with Crippen molar-refractivity contribution in [2.24, 2.45) is 0 Å². The molecule has 2 aromatic rings. The first-order valence-electron chi connectivity index (χ1n) is 6.15. The number of carbonyl (C=O) groups excluding carboxylic acids is 1. The van der Waals surface area contributed by atoms with Crippen LogP contribution in [0.3, 0.4) is 0 Å². The van der Waals surface area contributed by atoms with Crippen LogP contribution in [0, 0.1) is 17.5 Å². The summed E-state index contributed by atoms with van der Waals surface area (Å²) in [5, 5.41) is 12.0. The van der Waals surface area contributed by atoms with Gasteiger partial charge in [0.1, 0.15) is 5.82 Å². The molecule has 1 amide bonds. The Morgan fingerprint density at radius 3 is 2.43 bits per heavy atom. The number of rotatable bonds is 4. The van der Waals surface area contributed by atoms with Gasteiger partial charge < -0.3 is 10.4 Å². The van der Waals surface area contributed by atoms with Crippen LogP contribution < -0.4 is 5.32 Å². The van der Waals surface area contributed by atoms with Gasteiger partial charge in [-0.05, 0) is 18.2 Å². The van der Waals surface area contributed by atoms with E-state index in [0.29, 0.717) is 0 Å². The molecule has 6 heteroatoms. The highest BCUT2D eigenvalue weighted by Gasteiger charge is 2.17. The van der Waals surface area contributed by atoms with Crippen LogP contribution in [0.4, 0.5) is 13.2 Å². The molecular weight excluding hydrogens is 283 g/mol. The molecule has 0 radical (unpaired) electrons. The Kier molecular flexibility index (Phi) is 4.59. The predicted molar refractivity (Wildman–Crippen MR) is 70.1 cm³/mol. The average molecular weight is 295 g/mol. The second kappa shape index (κ2) is 6.41. The van der Waals surface area contributed by atoms with Crippen molar-refractivity contribution in [2.45, 2.75) is 6.10 Å². The molecule has 0 aliphatic heterocycles. The summed E-state index contributed by atoms with van der Waals surface area (Å²) >= 11 is 0. The smallest absolute Gasteiger partial charge is 0.254 e. The van der Waals surface area contributed by atoms with Gasteiger partial charge in [-0.1, -0.05) is 24.3 Å². The molecule has 1 atom stereocenters. The molecule has 2 N–H and O–H groups in total. The van der Waals surface area contributed by atoms with Crippen molar-refractivity contribution in [1.29, 1.82) is 0 Å². The minimum atomic E-state index is -1.29. The zero-order valence-corrected chi connectivity index (χ0v) is 10.8. The number of halogens is 3. The van der Waals surface area contributed by atoms with Crippen LogP contribution in [0.1, 0.15) is 22.0 Å². The second-order valence-corrected chi connectivity index (χ2v) is 4.35. The number of hydrogen-bond acceptors (Lipinski definition) is 2. The van der Waals surface area contributed by atoms with Gasteiger partial charge in [-0.15, -0.1) is 0 Å². The fourth-order valence-corrected chi connectivity index (χ4v) is 1.82. The summed E-state index contributed by atoms with van der Waals surface area (Å²) in [7, 11) is 0. The van der Waals surface area contributed by atoms with Crippen molar-refractivity contribution in [3.63, 3.8) is 0 Å². The van der Waals surface area contributed by atoms with E-state index in [2.05, 4.69) is 5.32 Å². The monoisotopic (exact) mass is 295 g/mol. The molecule has 21 heavy (non-hydrogen) atoms. The van der Waals surface area contributed by atoms with Crippen LogP contribution >= 0.6 is 0 Å². The molecule has 3 nitrogen and oxygen atoms in total. The van der Waals surface area contributed by atoms with E-state index in [1.54, 1.807) is 0 Å². The van der Waals surface area contributed by atoms with Gasteiger partial charge in [-0.2, -0.15) is 0 Å². The lowest BCUT2D eigenvalue weighted by molar-refractivity contribution is 0.0909. The van der Waals surface area contributed by atoms with Crippen LogP contribution in [-0.4, -0.2) is 17.6 Å². The van der Waals surface area contributed by atoms with Gasteiger partial charge in [0.05, 0.1) is 11.7 Å². The molecule has 0 saturated heterocycles. The van der Waals surface area contributed by atoms with E-state index in [1.807, 2.05) is 0 Å².